The van der Waals surface area contributed by atoms with Gasteiger partial charge in [-0.25, -0.2) is 0 Å². The monoisotopic (exact) mass is 283 g/mol. The Kier molecular flexibility index (Phi) is 14.0. The van der Waals surface area contributed by atoms with Gasteiger partial charge >= 0.3 is 5.97 Å². The first kappa shape index (κ1) is 19.2. The highest BCUT2D eigenvalue weighted by molar-refractivity contribution is 5.68. The first-order valence-electron chi connectivity index (χ1n) is 8.12. The van der Waals surface area contributed by atoms with Gasteiger partial charge in [-0.1, -0.05) is 38.8 Å². The van der Waals surface area contributed by atoms with Crippen molar-refractivity contribution in [2.24, 2.45) is 0 Å². The fourth-order valence-electron chi connectivity index (χ4n) is 2.00. The van der Waals surface area contributed by atoms with Crippen LogP contribution in [0.1, 0.15) is 71.6 Å². The molecule has 0 aliphatic rings. The number of nitrogens with one attached hydrogen (secondary N) is 1. The van der Waals surface area contributed by atoms with Crippen molar-refractivity contribution in [3.63, 3.8) is 0 Å². The third-order valence-corrected chi connectivity index (χ3v) is 3.25. The van der Waals surface area contributed by atoms with Crippen LogP contribution in [0.25, 0.3) is 0 Å². The van der Waals surface area contributed by atoms with Crippen molar-refractivity contribution in [1.82, 2.24) is 5.32 Å². The second-order valence-electron chi connectivity index (χ2n) is 5.61. The maximum absolute atomic E-state index is 10.9. The zero-order valence-electron chi connectivity index (χ0n) is 13.6. The van der Waals surface area contributed by atoms with E-state index in [0.29, 0.717) is 12.5 Å². The second-order valence-corrected chi connectivity index (χ2v) is 5.61. The first-order chi connectivity index (χ1) is 9.66. The van der Waals surface area contributed by atoms with E-state index in [4.69, 9.17) is 0 Å². The van der Waals surface area contributed by atoms with Gasteiger partial charge in [-0.2, -0.15) is 0 Å². The number of unbranched alkanes of at least 4 members (excludes halogenated alkanes) is 6. The van der Waals surface area contributed by atoms with Crippen LogP contribution in [0, 0.1) is 0 Å². The lowest BCUT2D eigenvalue weighted by atomic mass is 10.1. The lowest BCUT2D eigenvalue weighted by Crippen LogP contribution is -2.23. The first-order valence-corrected chi connectivity index (χ1v) is 8.12. The van der Waals surface area contributed by atoms with Gasteiger partial charge in [0.2, 0.25) is 0 Å². The number of ether oxygens (including phenoxy) is 1. The van der Waals surface area contributed by atoms with Gasteiger partial charge < -0.3 is 10.1 Å². The van der Waals surface area contributed by atoms with Gasteiger partial charge in [0.1, 0.15) is 0 Å². The molecule has 20 heavy (non-hydrogen) atoms. The summed E-state index contributed by atoms with van der Waals surface area (Å²) in [6.45, 7) is 5.50. The number of carbonyl (C=O) groups is 1. The molecule has 0 unspecified atom stereocenters. The molecule has 0 aromatic heterocycles. The third kappa shape index (κ3) is 15.2. The molecule has 0 fully saturated rings. The standard InChI is InChI=1S/C17H33NO2/c1-16(2)18-15-13-11-9-7-5-4-6-8-10-12-14-17(19)20-3/h5,7,16,18H,4,6,8-15H2,1-3H3/b7-5-. The van der Waals surface area contributed by atoms with E-state index in [9.17, 15) is 4.79 Å². The van der Waals surface area contributed by atoms with E-state index in [-0.39, 0.29) is 5.97 Å². The Hall–Kier alpha value is -0.830. The minimum Gasteiger partial charge on any atom is -0.469 e. The van der Waals surface area contributed by atoms with E-state index in [0.717, 1.165) is 19.4 Å². The van der Waals surface area contributed by atoms with Gasteiger partial charge in [-0.15, -0.1) is 0 Å². The molecule has 0 amide bonds. The summed E-state index contributed by atoms with van der Waals surface area (Å²) in [6, 6.07) is 0.602. The van der Waals surface area contributed by atoms with Gasteiger partial charge in [0.05, 0.1) is 7.11 Å². The summed E-state index contributed by atoms with van der Waals surface area (Å²) < 4.78 is 4.61. The van der Waals surface area contributed by atoms with Crippen molar-refractivity contribution >= 4 is 5.97 Å². The molecule has 0 rings (SSSR count). The van der Waals surface area contributed by atoms with Gasteiger partial charge in [-0.05, 0) is 45.1 Å². The van der Waals surface area contributed by atoms with Crippen LogP contribution in [0.2, 0.25) is 0 Å². The summed E-state index contributed by atoms with van der Waals surface area (Å²) >= 11 is 0. The van der Waals surface area contributed by atoms with Gasteiger partial charge in [0, 0.05) is 12.5 Å². The molecule has 0 aromatic rings. The molecule has 0 heterocycles. The number of rotatable bonds is 13. The quantitative estimate of drug-likeness (QED) is 0.312. The highest BCUT2D eigenvalue weighted by Gasteiger charge is 1.98. The van der Waals surface area contributed by atoms with E-state index in [1.165, 1.54) is 45.6 Å². The molecule has 3 nitrogen and oxygen atoms in total. The molecule has 0 spiro atoms. The summed E-state index contributed by atoms with van der Waals surface area (Å²) in [5.74, 6) is -0.0862. The maximum atomic E-state index is 10.9. The Labute approximate surface area is 125 Å². The summed E-state index contributed by atoms with van der Waals surface area (Å²) in [6.07, 6.45) is 14.6. The lowest BCUT2D eigenvalue weighted by Gasteiger charge is -2.06. The number of hydrogen-bond donors (Lipinski definition) is 1. The molecular formula is C17H33NO2. The highest BCUT2D eigenvalue weighted by Crippen LogP contribution is 2.07. The molecule has 0 aliphatic carbocycles. The molecule has 0 saturated heterocycles. The van der Waals surface area contributed by atoms with Crippen molar-refractivity contribution in [2.45, 2.75) is 77.7 Å². The summed E-state index contributed by atoms with van der Waals surface area (Å²) in [5, 5.41) is 3.43. The van der Waals surface area contributed by atoms with Crippen molar-refractivity contribution in [3.05, 3.63) is 12.2 Å². The Morgan fingerprint density at radius 1 is 1.00 bits per heavy atom. The van der Waals surface area contributed by atoms with E-state index in [1.54, 1.807) is 0 Å². The summed E-state index contributed by atoms with van der Waals surface area (Å²) in [4.78, 5) is 10.9. The van der Waals surface area contributed by atoms with E-state index in [1.807, 2.05) is 0 Å². The van der Waals surface area contributed by atoms with Crippen LogP contribution in [0.4, 0.5) is 0 Å². The Bertz CT molecular complexity index is 249. The average molecular weight is 283 g/mol. The van der Waals surface area contributed by atoms with Crippen LogP contribution in [-0.2, 0) is 9.53 Å². The van der Waals surface area contributed by atoms with Crippen LogP contribution in [0.15, 0.2) is 12.2 Å². The molecular weight excluding hydrogens is 250 g/mol. The Morgan fingerprint density at radius 3 is 2.20 bits per heavy atom. The van der Waals surface area contributed by atoms with Crippen molar-refractivity contribution in [3.8, 4) is 0 Å². The Balaban J connectivity index is 3.14. The zero-order valence-corrected chi connectivity index (χ0v) is 13.6. The number of allylic oxidation sites excluding steroid dienone is 2. The molecule has 0 atom stereocenters. The summed E-state index contributed by atoms with van der Waals surface area (Å²) in [5.41, 5.74) is 0. The molecule has 3 heteroatoms. The van der Waals surface area contributed by atoms with Crippen molar-refractivity contribution in [2.75, 3.05) is 13.7 Å². The molecule has 0 bridgehead atoms. The number of carbonyl (C=O) groups excluding carboxylic acids is 1. The van der Waals surface area contributed by atoms with Crippen LogP contribution < -0.4 is 5.32 Å². The van der Waals surface area contributed by atoms with E-state index < -0.39 is 0 Å². The zero-order chi connectivity index (χ0) is 15.1. The maximum Gasteiger partial charge on any atom is 0.305 e. The minimum absolute atomic E-state index is 0.0862. The molecule has 0 radical (unpaired) electrons. The smallest absolute Gasteiger partial charge is 0.305 e. The second kappa shape index (κ2) is 14.6. The fourth-order valence-corrected chi connectivity index (χ4v) is 2.00. The highest BCUT2D eigenvalue weighted by atomic mass is 16.5. The van der Waals surface area contributed by atoms with Gasteiger partial charge in [0.15, 0.2) is 0 Å². The predicted octanol–water partition coefficient (Wildman–Crippen LogP) is 4.22. The van der Waals surface area contributed by atoms with Crippen molar-refractivity contribution < 1.29 is 9.53 Å². The summed E-state index contributed by atoms with van der Waals surface area (Å²) in [7, 11) is 1.45. The molecule has 0 saturated carbocycles. The van der Waals surface area contributed by atoms with Crippen LogP contribution in [-0.4, -0.2) is 25.7 Å². The fraction of sp³-hybridized carbons (Fsp3) is 0.824. The third-order valence-electron chi connectivity index (χ3n) is 3.25. The van der Waals surface area contributed by atoms with Crippen LogP contribution >= 0.6 is 0 Å². The van der Waals surface area contributed by atoms with Crippen LogP contribution in [0.3, 0.4) is 0 Å². The molecule has 0 aliphatic heterocycles. The van der Waals surface area contributed by atoms with Gasteiger partial charge in [0.25, 0.3) is 0 Å². The van der Waals surface area contributed by atoms with Crippen molar-refractivity contribution in [1.29, 1.82) is 0 Å². The molecule has 118 valence electrons. The van der Waals surface area contributed by atoms with Gasteiger partial charge in [-0.3, -0.25) is 4.79 Å². The Morgan fingerprint density at radius 2 is 1.60 bits per heavy atom. The number of methoxy groups -OCH3 is 1. The molecule has 0 aromatic carbocycles. The largest absolute Gasteiger partial charge is 0.469 e. The predicted molar refractivity (Wildman–Crippen MR) is 85.8 cm³/mol. The van der Waals surface area contributed by atoms with Crippen LogP contribution in [0.5, 0.6) is 0 Å². The van der Waals surface area contributed by atoms with E-state index in [2.05, 4.69) is 36.1 Å². The van der Waals surface area contributed by atoms with E-state index >= 15 is 0 Å². The SMILES string of the molecule is COC(=O)CCCCCC/C=C\CCCCNC(C)C. The minimum atomic E-state index is -0.0862. The number of esters is 1. The topological polar surface area (TPSA) is 38.3 Å². The normalized spacial score (nSPS) is 11.4. The average Bonchev–Trinajstić information content (AvgIpc) is 2.43. The lowest BCUT2D eigenvalue weighted by molar-refractivity contribution is -0.140. The number of hydrogen-bond acceptors (Lipinski definition) is 3. The molecule has 1 N–H and O–H groups in total.